The second-order valence-corrected chi connectivity index (χ2v) is 12.2. The highest BCUT2D eigenvalue weighted by atomic mass is 32.2. The lowest BCUT2D eigenvalue weighted by Crippen LogP contribution is -2.56. The number of nitrogens with one attached hydrogen (secondary N) is 2. The fourth-order valence-electron chi connectivity index (χ4n) is 5.17. The zero-order valence-corrected chi connectivity index (χ0v) is 22.1. The maximum absolute atomic E-state index is 13.5. The molecule has 2 aromatic carbocycles. The number of rotatable bonds is 10. The number of ether oxygens (including phenoxy) is 1. The summed E-state index contributed by atoms with van der Waals surface area (Å²) in [5.74, 6) is -3.36. The molecule has 0 bridgehead atoms. The number of anilines is 3. The smallest absolute Gasteiger partial charge is 0.282 e. The van der Waals surface area contributed by atoms with E-state index >= 15 is 0 Å². The lowest BCUT2D eigenvalue weighted by molar-refractivity contribution is -0.0265. The summed E-state index contributed by atoms with van der Waals surface area (Å²) in [6, 6.07) is 8.55. The SMILES string of the molecule is O=C(Nc1ccc(S(=O)(=O)NCCO)cc1N1CCC2(CC1)CC2)c1ccc(OCF)c(N2CC(F)(F)C2)c1. The Morgan fingerprint density at radius 1 is 1.00 bits per heavy atom. The molecule has 5 rings (SSSR count). The van der Waals surface area contributed by atoms with Gasteiger partial charge in [-0.3, -0.25) is 4.79 Å². The van der Waals surface area contributed by atoms with Gasteiger partial charge in [-0.25, -0.2) is 26.3 Å². The third kappa shape index (κ3) is 5.94. The predicted octanol–water partition coefficient (Wildman–Crippen LogP) is 3.35. The molecule has 212 valence electrons. The number of hydrogen-bond donors (Lipinski definition) is 3. The molecule has 2 saturated heterocycles. The highest BCUT2D eigenvalue weighted by Gasteiger charge is 2.45. The number of piperidine rings is 1. The van der Waals surface area contributed by atoms with Gasteiger partial charge >= 0.3 is 0 Å². The molecule has 0 unspecified atom stereocenters. The van der Waals surface area contributed by atoms with Gasteiger partial charge in [0.25, 0.3) is 11.8 Å². The Bertz CT molecular complexity index is 1340. The molecule has 2 aromatic rings. The number of amides is 1. The van der Waals surface area contributed by atoms with Crippen LogP contribution in [0.1, 0.15) is 36.0 Å². The summed E-state index contributed by atoms with van der Waals surface area (Å²) in [5, 5.41) is 11.9. The Kier molecular flexibility index (Phi) is 7.42. The number of halogens is 3. The number of alkyl halides is 3. The van der Waals surface area contributed by atoms with Gasteiger partial charge in [0.15, 0.2) is 0 Å². The minimum absolute atomic E-state index is 0.00406. The molecule has 9 nitrogen and oxygen atoms in total. The molecule has 0 radical (unpaired) electrons. The maximum atomic E-state index is 13.5. The van der Waals surface area contributed by atoms with Crippen molar-refractivity contribution in [2.45, 2.75) is 36.5 Å². The van der Waals surface area contributed by atoms with Crippen LogP contribution in [-0.2, 0) is 10.0 Å². The molecule has 3 fully saturated rings. The van der Waals surface area contributed by atoms with E-state index in [4.69, 9.17) is 9.84 Å². The van der Waals surface area contributed by atoms with E-state index < -0.39 is 41.8 Å². The second-order valence-electron chi connectivity index (χ2n) is 10.4. The molecule has 2 aliphatic heterocycles. The Labute approximate surface area is 225 Å². The molecule has 1 amide bonds. The first-order valence-electron chi connectivity index (χ1n) is 12.8. The van der Waals surface area contributed by atoms with E-state index in [1.807, 2.05) is 0 Å². The van der Waals surface area contributed by atoms with Crippen LogP contribution in [0.3, 0.4) is 0 Å². The minimum atomic E-state index is -3.88. The summed E-state index contributed by atoms with van der Waals surface area (Å²) >= 11 is 0. The monoisotopic (exact) mass is 568 g/mol. The maximum Gasteiger partial charge on any atom is 0.282 e. The first-order chi connectivity index (χ1) is 18.5. The lowest BCUT2D eigenvalue weighted by atomic mass is 9.93. The summed E-state index contributed by atoms with van der Waals surface area (Å²) in [6.45, 7) is -1.34. The van der Waals surface area contributed by atoms with Gasteiger partial charge in [0.05, 0.1) is 41.7 Å². The molecular weight excluding hydrogens is 537 g/mol. The fourth-order valence-corrected chi connectivity index (χ4v) is 6.21. The average molecular weight is 569 g/mol. The van der Waals surface area contributed by atoms with Crippen molar-refractivity contribution < 1.29 is 36.2 Å². The summed E-state index contributed by atoms with van der Waals surface area (Å²) in [6.07, 6.45) is 4.33. The van der Waals surface area contributed by atoms with Crippen molar-refractivity contribution in [2.24, 2.45) is 5.41 Å². The van der Waals surface area contributed by atoms with Gasteiger partial charge in [0, 0.05) is 25.2 Å². The second kappa shape index (κ2) is 10.5. The predicted molar refractivity (Wildman–Crippen MR) is 140 cm³/mol. The van der Waals surface area contributed by atoms with Gasteiger partial charge in [0.1, 0.15) is 5.75 Å². The van der Waals surface area contributed by atoms with Gasteiger partial charge in [-0.15, -0.1) is 0 Å². The molecular formula is C26H31F3N4O5S. The average Bonchev–Trinajstić information content (AvgIpc) is 3.65. The van der Waals surface area contributed by atoms with Gasteiger partial charge in [-0.05, 0) is 67.5 Å². The zero-order valence-electron chi connectivity index (χ0n) is 21.3. The third-order valence-electron chi connectivity index (χ3n) is 7.67. The molecule has 1 aliphatic carbocycles. The number of aliphatic hydroxyl groups excluding tert-OH is 1. The van der Waals surface area contributed by atoms with Crippen LogP contribution in [0.4, 0.5) is 30.2 Å². The van der Waals surface area contributed by atoms with E-state index in [1.165, 1.54) is 54.1 Å². The van der Waals surface area contributed by atoms with Gasteiger partial charge in [0.2, 0.25) is 16.9 Å². The highest BCUT2D eigenvalue weighted by Crippen LogP contribution is 2.54. The first-order valence-corrected chi connectivity index (χ1v) is 14.3. The Morgan fingerprint density at radius 2 is 1.72 bits per heavy atom. The number of carbonyl (C=O) groups excluding carboxylic acids is 1. The van der Waals surface area contributed by atoms with Crippen LogP contribution in [0, 0.1) is 5.41 Å². The number of hydrogen-bond acceptors (Lipinski definition) is 7. The molecule has 1 saturated carbocycles. The molecule has 3 aliphatic rings. The molecule has 13 heteroatoms. The van der Waals surface area contributed by atoms with Crippen molar-refractivity contribution in [1.29, 1.82) is 0 Å². The number of sulfonamides is 1. The van der Waals surface area contributed by atoms with E-state index in [-0.39, 0.29) is 35.0 Å². The zero-order chi connectivity index (χ0) is 27.8. The van der Waals surface area contributed by atoms with Crippen molar-refractivity contribution in [3.8, 4) is 5.75 Å². The topological polar surface area (TPSA) is 111 Å². The lowest BCUT2D eigenvalue weighted by Gasteiger charge is -2.41. The van der Waals surface area contributed by atoms with E-state index in [1.54, 1.807) is 0 Å². The van der Waals surface area contributed by atoms with Crippen LogP contribution in [0.15, 0.2) is 41.3 Å². The Balaban J connectivity index is 1.42. The van der Waals surface area contributed by atoms with Crippen LogP contribution in [0.2, 0.25) is 0 Å². The molecule has 2 heterocycles. The largest absolute Gasteiger partial charge is 0.461 e. The van der Waals surface area contributed by atoms with Crippen LogP contribution < -0.4 is 24.6 Å². The van der Waals surface area contributed by atoms with Crippen LogP contribution in [0.25, 0.3) is 0 Å². The van der Waals surface area contributed by atoms with Crippen LogP contribution in [0.5, 0.6) is 5.75 Å². The molecule has 0 aromatic heterocycles. The quantitative estimate of drug-likeness (QED) is 0.403. The fraction of sp³-hybridized carbons (Fsp3) is 0.500. The Morgan fingerprint density at radius 3 is 2.33 bits per heavy atom. The van der Waals surface area contributed by atoms with Crippen molar-refractivity contribution in [2.75, 3.05) is 61.3 Å². The summed E-state index contributed by atoms with van der Waals surface area (Å²) < 4.78 is 72.6. The standard InChI is InChI=1S/C26H31F3N4O5S/c27-17-38-23-4-1-18(13-22(23)33-15-26(28,29)16-33)24(35)31-20-3-2-19(39(36,37)30-9-12-34)14-21(20)32-10-7-25(5-6-25)8-11-32/h1-4,13-14,30,34H,5-12,15-17H2,(H,31,35). The number of benzene rings is 2. The minimum Gasteiger partial charge on any atom is -0.461 e. The summed E-state index contributed by atoms with van der Waals surface area (Å²) in [5.41, 5.74) is 1.65. The van der Waals surface area contributed by atoms with E-state index in [0.29, 0.717) is 29.9 Å². The van der Waals surface area contributed by atoms with Crippen LogP contribution in [-0.4, -0.2) is 71.5 Å². The van der Waals surface area contributed by atoms with E-state index in [2.05, 4.69) is 14.9 Å². The van der Waals surface area contributed by atoms with E-state index in [9.17, 15) is 26.4 Å². The number of carbonyl (C=O) groups is 1. The van der Waals surface area contributed by atoms with Crippen molar-refractivity contribution in [3.63, 3.8) is 0 Å². The molecule has 1 spiro atoms. The van der Waals surface area contributed by atoms with Crippen molar-refractivity contribution in [1.82, 2.24) is 4.72 Å². The normalized spacial score (nSPS) is 19.5. The molecule has 0 atom stereocenters. The first kappa shape index (κ1) is 27.5. The summed E-state index contributed by atoms with van der Waals surface area (Å²) in [7, 11) is -3.88. The van der Waals surface area contributed by atoms with Gasteiger partial charge < -0.3 is 25.0 Å². The van der Waals surface area contributed by atoms with Crippen LogP contribution >= 0.6 is 0 Å². The molecule has 39 heavy (non-hydrogen) atoms. The number of nitrogens with zero attached hydrogens (tertiary/aromatic N) is 2. The summed E-state index contributed by atoms with van der Waals surface area (Å²) in [4.78, 5) is 16.7. The third-order valence-corrected chi connectivity index (χ3v) is 9.13. The van der Waals surface area contributed by atoms with Gasteiger partial charge in [-0.2, -0.15) is 0 Å². The van der Waals surface area contributed by atoms with Crippen molar-refractivity contribution >= 4 is 33.0 Å². The van der Waals surface area contributed by atoms with E-state index in [0.717, 1.165) is 12.8 Å². The Hall–Kier alpha value is -3.03. The van der Waals surface area contributed by atoms with Gasteiger partial charge in [-0.1, -0.05) is 0 Å². The number of aliphatic hydroxyl groups is 1. The highest BCUT2D eigenvalue weighted by molar-refractivity contribution is 7.89. The van der Waals surface area contributed by atoms with Crippen molar-refractivity contribution in [3.05, 3.63) is 42.0 Å². The molecule has 3 N–H and O–H groups in total.